The van der Waals surface area contributed by atoms with Gasteiger partial charge in [-0.05, 0) is 6.92 Å². The summed E-state index contributed by atoms with van der Waals surface area (Å²) in [4.78, 5) is 11.8. The number of sulfonamides is 1. The highest BCUT2D eigenvalue weighted by Crippen LogP contribution is 2.18. The summed E-state index contributed by atoms with van der Waals surface area (Å²) in [6.07, 6.45) is 4.41. The van der Waals surface area contributed by atoms with E-state index in [2.05, 4.69) is 19.7 Å². The van der Waals surface area contributed by atoms with E-state index in [1.54, 1.807) is 20.2 Å². The number of aryl methyl sites for hydroxylation is 2. The summed E-state index contributed by atoms with van der Waals surface area (Å²) in [5.41, 5.74) is 1.28. The minimum Gasteiger partial charge on any atom is -0.324 e. The van der Waals surface area contributed by atoms with Gasteiger partial charge in [0.15, 0.2) is 0 Å². The molecule has 2 aromatic heterocycles. The van der Waals surface area contributed by atoms with E-state index < -0.39 is 10.0 Å². The lowest BCUT2D eigenvalue weighted by Gasteiger charge is -2.04. The van der Waals surface area contributed by atoms with Crippen LogP contribution in [0.3, 0.4) is 0 Å². The molecule has 0 aliphatic heterocycles. The molecule has 0 saturated carbocycles. The van der Waals surface area contributed by atoms with Crippen molar-refractivity contribution in [1.82, 2.24) is 24.2 Å². The minimum atomic E-state index is -3.76. The first kappa shape index (κ1) is 13.9. The van der Waals surface area contributed by atoms with E-state index in [0.717, 1.165) is 5.69 Å². The fraction of sp³-hybridized carbons (Fsp3) is 0.300. The van der Waals surface area contributed by atoms with Gasteiger partial charge in [-0.2, -0.15) is 0 Å². The third-order valence-corrected chi connectivity index (χ3v) is 4.26. The highest BCUT2D eigenvalue weighted by molar-refractivity contribution is 7.89. The zero-order valence-corrected chi connectivity index (χ0v) is 11.9. The smallest absolute Gasteiger partial charge is 0.261 e. The van der Waals surface area contributed by atoms with Crippen LogP contribution >= 0.6 is 11.6 Å². The molecule has 0 aliphatic carbocycles. The summed E-state index contributed by atoms with van der Waals surface area (Å²) in [6.45, 7) is 1.83. The van der Waals surface area contributed by atoms with Crippen LogP contribution < -0.4 is 4.72 Å². The SMILES string of the molecule is Cc1cnc(CNS(=O)(=O)c2ncn(C)c2Cl)cn1. The summed E-state index contributed by atoms with van der Waals surface area (Å²) in [6, 6.07) is 0. The monoisotopic (exact) mass is 301 g/mol. The van der Waals surface area contributed by atoms with Gasteiger partial charge in [-0.15, -0.1) is 0 Å². The van der Waals surface area contributed by atoms with E-state index in [1.165, 1.54) is 17.1 Å². The number of aromatic nitrogens is 4. The van der Waals surface area contributed by atoms with Crippen molar-refractivity contribution in [3.05, 3.63) is 35.3 Å². The van der Waals surface area contributed by atoms with E-state index in [1.807, 2.05) is 0 Å². The molecule has 0 spiro atoms. The van der Waals surface area contributed by atoms with Crippen molar-refractivity contribution in [1.29, 1.82) is 0 Å². The van der Waals surface area contributed by atoms with Gasteiger partial charge in [0.25, 0.3) is 10.0 Å². The van der Waals surface area contributed by atoms with Crippen LogP contribution in [0.15, 0.2) is 23.7 Å². The Morgan fingerprint density at radius 1 is 1.32 bits per heavy atom. The van der Waals surface area contributed by atoms with Crippen molar-refractivity contribution in [2.45, 2.75) is 18.5 Å². The summed E-state index contributed by atoms with van der Waals surface area (Å²) in [5.74, 6) is 0. The molecule has 0 bridgehead atoms. The molecule has 0 radical (unpaired) electrons. The lowest BCUT2D eigenvalue weighted by molar-refractivity contribution is 0.577. The predicted molar refractivity (Wildman–Crippen MR) is 69.0 cm³/mol. The normalized spacial score (nSPS) is 11.7. The molecule has 0 saturated heterocycles. The van der Waals surface area contributed by atoms with E-state index in [-0.39, 0.29) is 16.7 Å². The Hall–Kier alpha value is -1.51. The van der Waals surface area contributed by atoms with Crippen molar-refractivity contribution < 1.29 is 8.42 Å². The lowest BCUT2D eigenvalue weighted by atomic mass is 10.4. The summed E-state index contributed by atoms with van der Waals surface area (Å²) >= 11 is 5.85. The maximum absolute atomic E-state index is 12.0. The number of nitrogens with one attached hydrogen (secondary N) is 1. The topological polar surface area (TPSA) is 89.8 Å². The van der Waals surface area contributed by atoms with E-state index in [9.17, 15) is 8.42 Å². The molecule has 7 nitrogen and oxygen atoms in total. The van der Waals surface area contributed by atoms with E-state index in [4.69, 9.17) is 11.6 Å². The highest BCUT2D eigenvalue weighted by atomic mass is 35.5. The van der Waals surface area contributed by atoms with Gasteiger partial charge < -0.3 is 4.57 Å². The third-order valence-electron chi connectivity index (χ3n) is 2.37. The Morgan fingerprint density at radius 3 is 2.58 bits per heavy atom. The molecule has 19 heavy (non-hydrogen) atoms. The van der Waals surface area contributed by atoms with Crippen LogP contribution in [-0.2, 0) is 23.6 Å². The van der Waals surface area contributed by atoms with Crippen LogP contribution in [0, 0.1) is 6.92 Å². The number of hydrogen-bond acceptors (Lipinski definition) is 5. The van der Waals surface area contributed by atoms with Crippen molar-refractivity contribution in [3.8, 4) is 0 Å². The van der Waals surface area contributed by atoms with Crippen LogP contribution in [0.25, 0.3) is 0 Å². The van der Waals surface area contributed by atoms with Crippen LogP contribution in [-0.4, -0.2) is 27.9 Å². The molecule has 0 aliphatic rings. The average molecular weight is 302 g/mol. The molecule has 0 aromatic carbocycles. The fourth-order valence-electron chi connectivity index (χ4n) is 1.32. The van der Waals surface area contributed by atoms with Gasteiger partial charge in [-0.25, -0.2) is 18.1 Å². The maximum Gasteiger partial charge on any atom is 0.261 e. The van der Waals surface area contributed by atoms with Crippen LogP contribution in [0.5, 0.6) is 0 Å². The second-order valence-corrected chi connectivity index (χ2v) is 5.97. The van der Waals surface area contributed by atoms with E-state index >= 15 is 0 Å². The first-order valence-corrected chi connectivity index (χ1v) is 7.20. The third kappa shape index (κ3) is 3.09. The van der Waals surface area contributed by atoms with Gasteiger partial charge in [0.05, 0.1) is 30.5 Å². The first-order valence-electron chi connectivity index (χ1n) is 5.34. The number of hydrogen-bond donors (Lipinski definition) is 1. The molecule has 0 fully saturated rings. The van der Waals surface area contributed by atoms with Crippen molar-refractivity contribution in [2.24, 2.45) is 7.05 Å². The number of halogens is 1. The Labute approximate surface area is 115 Å². The van der Waals surface area contributed by atoms with Gasteiger partial charge in [0.1, 0.15) is 5.15 Å². The Kier molecular flexibility index (Phi) is 3.83. The second-order valence-electron chi connectivity index (χ2n) is 3.93. The Balaban J connectivity index is 2.14. The van der Waals surface area contributed by atoms with Gasteiger partial charge >= 0.3 is 0 Å². The first-order chi connectivity index (χ1) is 8.90. The van der Waals surface area contributed by atoms with Crippen LogP contribution in [0.1, 0.15) is 11.4 Å². The van der Waals surface area contributed by atoms with Gasteiger partial charge in [-0.1, -0.05) is 11.6 Å². The van der Waals surface area contributed by atoms with Crippen molar-refractivity contribution >= 4 is 21.6 Å². The van der Waals surface area contributed by atoms with Crippen molar-refractivity contribution in [2.75, 3.05) is 0 Å². The van der Waals surface area contributed by atoms with Crippen molar-refractivity contribution in [3.63, 3.8) is 0 Å². The summed E-state index contributed by atoms with van der Waals surface area (Å²) < 4.78 is 27.8. The molecule has 2 aromatic rings. The molecular formula is C10H12ClN5O2S. The largest absolute Gasteiger partial charge is 0.324 e. The summed E-state index contributed by atoms with van der Waals surface area (Å²) in [5, 5.41) is -0.140. The molecule has 1 N–H and O–H groups in total. The van der Waals surface area contributed by atoms with Crippen LogP contribution in [0.2, 0.25) is 5.15 Å². The number of rotatable bonds is 4. The molecule has 9 heteroatoms. The van der Waals surface area contributed by atoms with E-state index in [0.29, 0.717) is 5.69 Å². The molecule has 0 atom stereocenters. The van der Waals surface area contributed by atoms with Gasteiger partial charge in [0, 0.05) is 13.2 Å². The maximum atomic E-state index is 12.0. The molecule has 102 valence electrons. The molecule has 0 unspecified atom stereocenters. The fourth-order valence-corrected chi connectivity index (χ4v) is 2.75. The minimum absolute atomic E-state index is 0.0303. The molecule has 2 rings (SSSR count). The highest BCUT2D eigenvalue weighted by Gasteiger charge is 2.22. The van der Waals surface area contributed by atoms with Gasteiger partial charge in [0.2, 0.25) is 5.03 Å². The predicted octanol–water partition coefficient (Wildman–Crippen LogP) is 0.650. The Bertz CT molecular complexity index is 680. The second kappa shape index (κ2) is 5.24. The number of nitrogens with zero attached hydrogens (tertiary/aromatic N) is 4. The zero-order valence-electron chi connectivity index (χ0n) is 10.3. The van der Waals surface area contributed by atoms with Crippen LogP contribution in [0.4, 0.5) is 0 Å². The molecule has 2 heterocycles. The quantitative estimate of drug-likeness (QED) is 0.895. The lowest BCUT2D eigenvalue weighted by Crippen LogP contribution is -2.24. The number of imidazole rings is 1. The molecular weight excluding hydrogens is 290 g/mol. The standard InChI is InChI=1S/C10H12ClN5O2S/c1-7-3-13-8(4-12-7)5-15-19(17,18)10-9(11)16(2)6-14-10/h3-4,6,15H,5H2,1-2H3. The average Bonchev–Trinajstić information content (AvgIpc) is 2.70. The zero-order chi connectivity index (χ0) is 14.0. The summed E-state index contributed by atoms with van der Waals surface area (Å²) in [7, 11) is -2.15. The van der Waals surface area contributed by atoms with Gasteiger partial charge in [-0.3, -0.25) is 9.97 Å². The Morgan fingerprint density at radius 2 is 2.05 bits per heavy atom. The molecule has 0 amide bonds.